The molecule has 0 aliphatic rings. The third-order valence-corrected chi connectivity index (χ3v) is 2.16. The molecule has 0 amide bonds. The number of carbonyl (C=O) groups excluding carboxylic acids is 1. The lowest BCUT2D eigenvalue weighted by Crippen LogP contribution is -2.03. The highest BCUT2D eigenvalue weighted by Crippen LogP contribution is 2.17. The van der Waals surface area contributed by atoms with Crippen LogP contribution in [0.25, 0.3) is 0 Å². The summed E-state index contributed by atoms with van der Waals surface area (Å²) in [5, 5.41) is 10.8. The smallest absolute Gasteiger partial charge is 0.338 e. The Morgan fingerprint density at radius 2 is 2.17 bits per heavy atom. The van der Waals surface area contributed by atoms with Crippen LogP contribution in [0.1, 0.15) is 35.7 Å². The molecule has 0 spiro atoms. The number of benzene rings is 1. The predicted octanol–water partition coefficient (Wildman–Crippen LogP) is 2.53. The molecule has 0 fully saturated rings. The number of carbonyl (C=O) groups is 1. The Morgan fingerprint density at radius 3 is 2.72 bits per heavy atom. The molecule has 0 bridgehead atoms. The van der Waals surface area contributed by atoms with Crippen LogP contribution in [-0.4, -0.2) is 18.0 Å². The Kier molecular flexibility index (Phi) is 4.88. The SMILES string of the molecule is CCCC#Cc1cc(C(=O)OC)cc([N+](=O)[O-])c1. The molecule has 1 rings (SSSR count). The van der Waals surface area contributed by atoms with E-state index in [0.29, 0.717) is 12.0 Å². The quantitative estimate of drug-likeness (QED) is 0.356. The van der Waals surface area contributed by atoms with Gasteiger partial charge in [-0.2, -0.15) is 0 Å². The minimum absolute atomic E-state index is 0.132. The Bertz CT molecular complexity index is 526. The second-order valence-electron chi connectivity index (χ2n) is 3.57. The lowest BCUT2D eigenvalue weighted by atomic mass is 10.1. The molecule has 0 heterocycles. The van der Waals surface area contributed by atoms with E-state index >= 15 is 0 Å². The van der Waals surface area contributed by atoms with Gasteiger partial charge in [0.25, 0.3) is 5.69 Å². The largest absolute Gasteiger partial charge is 0.465 e. The average Bonchev–Trinajstić information content (AvgIpc) is 2.37. The minimum Gasteiger partial charge on any atom is -0.465 e. The molecule has 0 atom stereocenters. The highest BCUT2D eigenvalue weighted by Gasteiger charge is 2.13. The standard InChI is InChI=1S/C13H13NO4/c1-3-4-5-6-10-7-11(13(15)18-2)9-12(8-10)14(16)17/h7-9H,3-4H2,1-2H3. The molecule has 0 unspecified atom stereocenters. The molecule has 0 radical (unpaired) electrons. The zero-order valence-electron chi connectivity index (χ0n) is 10.2. The Balaban J connectivity index is 3.19. The van der Waals surface area contributed by atoms with Crippen molar-refractivity contribution < 1.29 is 14.5 Å². The first-order chi connectivity index (χ1) is 8.58. The van der Waals surface area contributed by atoms with Gasteiger partial charge >= 0.3 is 5.97 Å². The van der Waals surface area contributed by atoms with Crippen molar-refractivity contribution in [1.29, 1.82) is 0 Å². The van der Waals surface area contributed by atoms with Gasteiger partial charge in [-0.25, -0.2) is 4.79 Å². The first kappa shape index (κ1) is 13.7. The van der Waals surface area contributed by atoms with Gasteiger partial charge in [0.05, 0.1) is 17.6 Å². The van der Waals surface area contributed by atoms with Crippen LogP contribution >= 0.6 is 0 Å². The van der Waals surface area contributed by atoms with Crippen molar-refractivity contribution in [3.8, 4) is 11.8 Å². The highest BCUT2D eigenvalue weighted by molar-refractivity contribution is 5.90. The van der Waals surface area contributed by atoms with E-state index < -0.39 is 10.9 Å². The van der Waals surface area contributed by atoms with Crippen LogP contribution in [0.4, 0.5) is 5.69 Å². The number of unbranched alkanes of at least 4 members (excludes halogenated alkanes) is 1. The van der Waals surface area contributed by atoms with Crippen molar-refractivity contribution in [1.82, 2.24) is 0 Å². The molecule has 0 aliphatic carbocycles. The number of nitrogens with zero attached hydrogens (tertiary/aromatic N) is 1. The lowest BCUT2D eigenvalue weighted by Gasteiger charge is -2.00. The van der Waals surface area contributed by atoms with Gasteiger partial charge in [-0.05, 0) is 12.5 Å². The second-order valence-corrected chi connectivity index (χ2v) is 3.57. The lowest BCUT2D eigenvalue weighted by molar-refractivity contribution is -0.384. The zero-order chi connectivity index (χ0) is 13.5. The van der Waals surface area contributed by atoms with Crippen molar-refractivity contribution in [3.05, 3.63) is 39.4 Å². The number of rotatable bonds is 3. The molecule has 0 aromatic heterocycles. The molecule has 5 nitrogen and oxygen atoms in total. The van der Waals surface area contributed by atoms with E-state index in [9.17, 15) is 14.9 Å². The van der Waals surface area contributed by atoms with E-state index in [2.05, 4.69) is 16.6 Å². The van der Waals surface area contributed by atoms with E-state index in [4.69, 9.17) is 0 Å². The normalized spacial score (nSPS) is 9.22. The predicted molar refractivity (Wildman–Crippen MR) is 66.2 cm³/mol. The van der Waals surface area contributed by atoms with Crippen molar-refractivity contribution in [2.24, 2.45) is 0 Å². The van der Waals surface area contributed by atoms with Crippen LogP contribution in [0.5, 0.6) is 0 Å². The molecule has 0 saturated heterocycles. The third kappa shape index (κ3) is 3.59. The number of methoxy groups -OCH3 is 1. The molecule has 0 aliphatic heterocycles. The summed E-state index contributed by atoms with van der Waals surface area (Å²) in [5.41, 5.74) is 0.407. The summed E-state index contributed by atoms with van der Waals surface area (Å²) in [6.45, 7) is 1.99. The van der Waals surface area contributed by atoms with Gasteiger partial charge in [0.15, 0.2) is 0 Å². The fraction of sp³-hybridized carbons (Fsp3) is 0.308. The third-order valence-electron chi connectivity index (χ3n) is 2.16. The maximum Gasteiger partial charge on any atom is 0.338 e. The molecular formula is C13H13NO4. The molecule has 0 saturated carbocycles. The number of esters is 1. The van der Waals surface area contributed by atoms with E-state index in [1.54, 1.807) is 0 Å². The summed E-state index contributed by atoms with van der Waals surface area (Å²) in [7, 11) is 1.23. The minimum atomic E-state index is -0.614. The first-order valence-electron chi connectivity index (χ1n) is 5.45. The Labute approximate surface area is 105 Å². The van der Waals surface area contributed by atoms with Gasteiger partial charge in [0.1, 0.15) is 0 Å². The van der Waals surface area contributed by atoms with Gasteiger partial charge in [-0.15, -0.1) is 0 Å². The van der Waals surface area contributed by atoms with Gasteiger partial charge in [-0.1, -0.05) is 18.8 Å². The highest BCUT2D eigenvalue weighted by atomic mass is 16.6. The fourth-order valence-corrected chi connectivity index (χ4v) is 1.31. The first-order valence-corrected chi connectivity index (χ1v) is 5.45. The second kappa shape index (κ2) is 6.40. The number of nitro groups is 1. The Hall–Kier alpha value is -2.35. The summed E-state index contributed by atoms with van der Waals surface area (Å²) in [4.78, 5) is 21.6. The molecule has 0 N–H and O–H groups in total. The van der Waals surface area contributed by atoms with Crippen LogP contribution in [0.3, 0.4) is 0 Å². The summed E-state index contributed by atoms with van der Waals surface area (Å²) in [6, 6.07) is 4.01. The summed E-state index contributed by atoms with van der Waals surface area (Å²) < 4.78 is 4.54. The van der Waals surface area contributed by atoms with Crippen LogP contribution in [0.2, 0.25) is 0 Å². The van der Waals surface area contributed by atoms with Crippen molar-refractivity contribution in [2.75, 3.05) is 7.11 Å². The number of hydrogen-bond acceptors (Lipinski definition) is 4. The van der Waals surface area contributed by atoms with E-state index in [1.807, 2.05) is 6.92 Å². The number of non-ortho nitro benzene ring substituents is 1. The molecular weight excluding hydrogens is 234 g/mol. The summed E-state index contributed by atoms with van der Waals surface area (Å²) in [5.74, 6) is 5.06. The van der Waals surface area contributed by atoms with Gasteiger partial charge < -0.3 is 4.74 Å². The van der Waals surface area contributed by atoms with Crippen LogP contribution in [0, 0.1) is 22.0 Å². The van der Waals surface area contributed by atoms with E-state index in [-0.39, 0.29) is 11.3 Å². The Morgan fingerprint density at radius 1 is 1.44 bits per heavy atom. The van der Waals surface area contributed by atoms with Gasteiger partial charge in [-0.3, -0.25) is 10.1 Å². The van der Waals surface area contributed by atoms with Crippen molar-refractivity contribution >= 4 is 11.7 Å². The molecule has 1 aromatic rings. The van der Waals surface area contributed by atoms with Crippen LogP contribution < -0.4 is 0 Å². The van der Waals surface area contributed by atoms with Crippen molar-refractivity contribution in [3.63, 3.8) is 0 Å². The maximum atomic E-state index is 11.4. The molecule has 5 heteroatoms. The van der Waals surface area contributed by atoms with Crippen LogP contribution in [-0.2, 0) is 4.74 Å². The van der Waals surface area contributed by atoms with Crippen LogP contribution in [0.15, 0.2) is 18.2 Å². The zero-order valence-corrected chi connectivity index (χ0v) is 10.2. The molecule has 94 valence electrons. The number of hydrogen-bond donors (Lipinski definition) is 0. The van der Waals surface area contributed by atoms with Gasteiger partial charge in [0, 0.05) is 24.1 Å². The topological polar surface area (TPSA) is 69.4 Å². The summed E-state index contributed by atoms with van der Waals surface area (Å²) >= 11 is 0. The van der Waals surface area contributed by atoms with Gasteiger partial charge in [0.2, 0.25) is 0 Å². The molecule has 1 aromatic carbocycles. The van der Waals surface area contributed by atoms with E-state index in [0.717, 1.165) is 6.42 Å². The monoisotopic (exact) mass is 247 g/mol. The maximum absolute atomic E-state index is 11.4. The summed E-state index contributed by atoms with van der Waals surface area (Å²) in [6.07, 6.45) is 1.61. The number of nitro benzene ring substituents is 1. The van der Waals surface area contributed by atoms with E-state index in [1.165, 1.54) is 25.3 Å². The fourth-order valence-electron chi connectivity index (χ4n) is 1.31. The molecule has 18 heavy (non-hydrogen) atoms. The van der Waals surface area contributed by atoms with Crippen molar-refractivity contribution in [2.45, 2.75) is 19.8 Å². The number of ether oxygens (including phenoxy) is 1. The average molecular weight is 247 g/mol.